The third-order valence-electron chi connectivity index (χ3n) is 8.25. The quantitative estimate of drug-likeness (QED) is 0.478. The molecule has 1 saturated heterocycles. The lowest BCUT2D eigenvalue weighted by atomic mass is 9.90. The minimum atomic E-state index is 0.109. The summed E-state index contributed by atoms with van der Waals surface area (Å²) in [6, 6.07) is 13.8. The fraction of sp³-hybridized carbons (Fsp3) is 0.452. The number of hydrogen-bond donors (Lipinski definition) is 0. The van der Waals surface area contributed by atoms with Gasteiger partial charge in [0.15, 0.2) is 0 Å². The molecular formula is C31H35N5O3. The van der Waals surface area contributed by atoms with Gasteiger partial charge in [0.05, 0.1) is 24.4 Å². The molecular weight excluding hydrogens is 490 g/mol. The highest BCUT2D eigenvalue weighted by molar-refractivity contribution is 5.79. The molecule has 7 rings (SSSR count). The maximum Gasteiger partial charge on any atom is 0.237 e. The maximum absolute atomic E-state index is 13.3. The van der Waals surface area contributed by atoms with Gasteiger partial charge in [-0.15, -0.1) is 0 Å². The predicted octanol–water partition coefficient (Wildman–Crippen LogP) is 5.02. The molecule has 1 atom stereocenters. The molecule has 1 amide bonds. The van der Waals surface area contributed by atoms with E-state index in [1.165, 1.54) is 32.1 Å². The van der Waals surface area contributed by atoms with Gasteiger partial charge >= 0.3 is 0 Å². The monoisotopic (exact) mass is 525 g/mol. The van der Waals surface area contributed by atoms with Gasteiger partial charge in [0, 0.05) is 44.5 Å². The number of hydrogen-bond acceptors (Lipinski definition) is 6. The van der Waals surface area contributed by atoms with Crippen molar-refractivity contribution in [1.82, 2.24) is 19.4 Å². The summed E-state index contributed by atoms with van der Waals surface area (Å²) in [7, 11) is 0. The van der Waals surface area contributed by atoms with E-state index in [2.05, 4.69) is 20.5 Å². The molecule has 0 spiro atoms. The zero-order valence-electron chi connectivity index (χ0n) is 22.6. The van der Waals surface area contributed by atoms with Crippen LogP contribution in [0.2, 0.25) is 0 Å². The summed E-state index contributed by atoms with van der Waals surface area (Å²) < 4.78 is 14.9. The van der Waals surface area contributed by atoms with E-state index in [1.807, 2.05) is 54.4 Å². The Morgan fingerprint density at radius 3 is 2.74 bits per heavy atom. The first-order chi connectivity index (χ1) is 19.1. The molecule has 4 aliphatic rings. The second-order valence-corrected chi connectivity index (χ2v) is 11.0. The van der Waals surface area contributed by atoms with Crippen molar-refractivity contribution in [2.24, 2.45) is 5.92 Å². The summed E-state index contributed by atoms with van der Waals surface area (Å²) in [5.41, 5.74) is 3.49. The summed E-state index contributed by atoms with van der Waals surface area (Å²) in [6.07, 6.45) is 8.18. The Labute approximate surface area is 229 Å². The first kappa shape index (κ1) is 25.4. The van der Waals surface area contributed by atoms with E-state index in [-0.39, 0.29) is 5.91 Å². The third kappa shape index (κ3) is 5.64. The van der Waals surface area contributed by atoms with Crippen molar-refractivity contribution < 1.29 is 14.3 Å². The van der Waals surface area contributed by atoms with Crippen molar-refractivity contribution in [1.29, 1.82) is 5.26 Å². The lowest BCUT2D eigenvalue weighted by molar-refractivity contribution is -0.136. The number of piperazine rings is 1. The van der Waals surface area contributed by atoms with Crippen LogP contribution in [0.15, 0.2) is 42.6 Å². The Hall–Kier alpha value is -3.83. The van der Waals surface area contributed by atoms with Crippen molar-refractivity contribution in [3.05, 3.63) is 70.8 Å². The van der Waals surface area contributed by atoms with Gasteiger partial charge in [-0.1, -0.05) is 25.3 Å². The zero-order valence-corrected chi connectivity index (χ0v) is 22.6. The maximum atomic E-state index is 13.3. The van der Waals surface area contributed by atoms with Gasteiger partial charge in [-0.25, -0.2) is 4.98 Å². The van der Waals surface area contributed by atoms with E-state index in [4.69, 9.17) is 9.47 Å². The second-order valence-electron chi connectivity index (χ2n) is 11.0. The molecule has 3 aromatic rings. The Morgan fingerprint density at radius 2 is 1.92 bits per heavy atom. The van der Waals surface area contributed by atoms with E-state index >= 15 is 0 Å². The molecule has 3 aliphatic heterocycles. The number of rotatable bonds is 3. The number of amides is 1. The Bertz CT molecular complexity index is 1400. The highest BCUT2D eigenvalue weighted by Gasteiger charge is 2.27. The number of ether oxygens (including phenoxy) is 2. The summed E-state index contributed by atoms with van der Waals surface area (Å²) in [6.45, 7) is 6.24. The van der Waals surface area contributed by atoms with Crippen LogP contribution < -0.4 is 9.47 Å². The fourth-order valence-corrected chi connectivity index (χ4v) is 5.95. The average Bonchev–Trinajstić information content (AvgIpc) is 3.28. The topological polar surface area (TPSA) is 83.6 Å². The lowest BCUT2D eigenvalue weighted by Gasteiger charge is -2.35. The number of benzene rings is 2. The molecule has 8 nitrogen and oxygen atoms in total. The van der Waals surface area contributed by atoms with Crippen molar-refractivity contribution in [2.45, 2.75) is 58.7 Å². The molecule has 2 aromatic carbocycles. The first-order valence-electron chi connectivity index (χ1n) is 14.0. The van der Waals surface area contributed by atoms with Gasteiger partial charge in [-0.05, 0) is 61.6 Å². The SMILES string of the molecule is Cc1ncc2n1Cc1ccc(C#N)c(c1)Oc1ccc(OCC3CCCCC3)c(c1)CN1CCN(CC1=O)C2. The molecule has 1 unspecified atom stereocenters. The van der Waals surface area contributed by atoms with Crippen LogP contribution in [-0.2, 0) is 24.4 Å². The van der Waals surface area contributed by atoms with E-state index in [9.17, 15) is 10.1 Å². The number of aryl methyl sites for hydroxylation is 1. The van der Waals surface area contributed by atoms with E-state index < -0.39 is 0 Å². The molecule has 39 heavy (non-hydrogen) atoms. The Balaban J connectivity index is 1.36. The molecule has 8 heteroatoms. The highest BCUT2D eigenvalue weighted by Crippen LogP contribution is 2.33. The van der Waals surface area contributed by atoms with Crippen LogP contribution in [0.3, 0.4) is 0 Å². The lowest BCUT2D eigenvalue weighted by Crippen LogP contribution is -2.49. The molecule has 0 radical (unpaired) electrons. The van der Waals surface area contributed by atoms with E-state index in [0.717, 1.165) is 34.9 Å². The number of nitrogens with zero attached hydrogens (tertiary/aromatic N) is 5. The van der Waals surface area contributed by atoms with Gasteiger partial charge in [-0.3, -0.25) is 9.69 Å². The van der Waals surface area contributed by atoms with E-state index in [1.54, 1.807) is 0 Å². The molecule has 202 valence electrons. The van der Waals surface area contributed by atoms with Gasteiger partial charge in [0.2, 0.25) is 5.91 Å². The second kappa shape index (κ2) is 11.1. The molecule has 6 bridgehead atoms. The number of fused-ring (bicyclic) bond motifs is 2. The molecule has 0 N–H and O–H groups in total. The number of carbonyl (C=O) groups excluding carboxylic acids is 1. The average molecular weight is 526 g/mol. The van der Waals surface area contributed by atoms with Crippen LogP contribution in [0.4, 0.5) is 0 Å². The third-order valence-corrected chi connectivity index (χ3v) is 8.25. The van der Waals surface area contributed by atoms with Crippen molar-refractivity contribution in [2.75, 3.05) is 26.2 Å². The minimum absolute atomic E-state index is 0.109. The standard InChI is InChI=1S/C31H35N5O3/c1-22-33-16-27-19-34-11-12-35(31(37)20-34)18-26-14-28(9-10-29(26)38-21-23-5-3-2-4-6-23)39-30-13-24(17-36(22)27)7-8-25(30)15-32/h7-10,13-14,16,23H,2-6,11-12,17-21H2,1H3. The highest BCUT2D eigenvalue weighted by atomic mass is 16.5. The van der Waals surface area contributed by atoms with Gasteiger partial charge in [0.1, 0.15) is 29.1 Å². The molecule has 1 aliphatic carbocycles. The van der Waals surface area contributed by atoms with Crippen LogP contribution in [0, 0.1) is 24.2 Å². The number of imidazole rings is 1. The van der Waals surface area contributed by atoms with Gasteiger partial charge in [-0.2, -0.15) is 5.26 Å². The molecule has 2 fully saturated rings. The van der Waals surface area contributed by atoms with Crippen molar-refractivity contribution >= 4 is 5.91 Å². The zero-order chi connectivity index (χ0) is 26.8. The van der Waals surface area contributed by atoms with Crippen molar-refractivity contribution in [3.8, 4) is 23.3 Å². The predicted molar refractivity (Wildman–Crippen MR) is 147 cm³/mol. The molecule has 1 aromatic heterocycles. The Morgan fingerprint density at radius 1 is 1.05 bits per heavy atom. The number of carbonyl (C=O) groups is 1. The van der Waals surface area contributed by atoms with Crippen LogP contribution in [-0.4, -0.2) is 51.5 Å². The van der Waals surface area contributed by atoms with Crippen LogP contribution in [0.25, 0.3) is 0 Å². The Kier molecular flexibility index (Phi) is 7.25. The molecule has 4 heterocycles. The number of aromatic nitrogens is 2. The minimum Gasteiger partial charge on any atom is -0.493 e. The largest absolute Gasteiger partial charge is 0.493 e. The summed E-state index contributed by atoms with van der Waals surface area (Å²) >= 11 is 0. The van der Waals surface area contributed by atoms with E-state index in [0.29, 0.717) is 62.3 Å². The number of nitriles is 1. The van der Waals surface area contributed by atoms with Gasteiger partial charge < -0.3 is 18.9 Å². The fourth-order valence-electron chi connectivity index (χ4n) is 5.95. The summed E-state index contributed by atoms with van der Waals surface area (Å²) in [5, 5.41) is 9.77. The molecule has 1 saturated carbocycles. The van der Waals surface area contributed by atoms with Gasteiger partial charge in [0.25, 0.3) is 0 Å². The van der Waals surface area contributed by atoms with Crippen LogP contribution >= 0.6 is 0 Å². The van der Waals surface area contributed by atoms with Crippen LogP contribution in [0.1, 0.15) is 60.3 Å². The van der Waals surface area contributed by atoms with Crippen molar-refractivity contribution in [3.63, 3.8) is 0 Å². The van der Waals surface area contributed by atoms with Crippen LogP contribution in [0.5, 0.6) is 17.2 Å². The summed E-state index contributed by atoms with van der Waals surface area (Å²) in [4.78, 5) is 21.9. The summed E-state index contributed by atoms with van der Waals surface area (Å²) in [5.74, 6) is 3.55. The normalized spacial score (nSPS) is 19.7. The first-order valence-corrected chi connectivity index (χ1v) is 14.0. The smallest absolute Gasteiger partial charge is 0.237 e.